The van der Waals surface area contributed by atoms with E-state index in [-0.39, 0.29) is 5.91 Å². The summed E-state index contributed by atoms with van der Waals surface area (Å²) in [5.74, 6) is 1.48. The van der Waals surface area contributed by atoms with E-state index in [4.69, 9.17) is 11.6 Å². The number of aryl methyl sites for hydroxylation is 1. The van der Waals surface area contributed by atoms with Crippen molar-refractivity contribution in [1.29, 1.82) is 0 Å². The molecule has 0 spiro atoms. The SMILES string of the molecule is Cc1ccc(NC(=O)CN2C[C@H]3CNC[C@H]3C2)cc1Cl. The first-order valence-electron chi connectivity index (χ1n) is 7.11. The minimum Gasteiger partial charge on any atom is -0.325 e. The van der Waals surface area contributed by atoms with E-state index in [1.54, 1.807) is 6.07 Å². The number of amides is 1. The van der Waals surface area contributed by atoms with Crippen molar-refractivity contribution < 1.29 is 4.79 Å². The molecule has 0 unspecified atom stereocenters. The van der Waals surface area contributed by atoms with Gasteiger partial charge in [0.05, 0.1) is 6.54 Å². The lowest BCUT2D eigenvalue weighted by Gasteiger charge is -2.16. The van der Waals surface area contributed by atoms with Crippen LogP contribution in [-0.2, 0) is 4.79 Å². The number of carbonyl (C=O) groups excluding carboxylic acids is 1. The van der Waals surface area contributed by atoms with E-state index in [1.807, 2.05) is 19.1 Å². The number of hydrogen-bond donors (Lipinski definition) is 2. The predicted molar refractivity (Wildman–Crippen MR) is 81.1 cm³/mol. The molecule has 108 valence electrons. The van der Waals surface area contributed by atoms with Crippen LogP contribution in [0.4, 0.5) is 5.69 Å². The smallest absolute Gasteiger partial charge is 0.238 e. The Labute approximate surface area is 124 Å². The number of likely N-dealkylation sites (tertiary alicyclic amines) is 1. The molecule has 1 amide bonds. The van der Waals surface area contributed by atoms with E-state index in [2.05, 4.69) is 15.5 Å². The third kappa shape index (κ3) is 2.97. The molecule has 2 fully saturated rings. The Bertz CT molecular complexity index is 508. The lowest BCUT2D eigenvalue weighted by molar-refractivity contribution is -0.117. The van der Waals surface area contributed by atoms with Crippen LogP contribution >= 0.6 is 11.6 Å². The zero-order valence-corrected chi connectivity index (χ0v) is 12.4. The molecule has 2 N–H and O–H groups in total. The fourth-order valence-electron chi connectivity index (χ4n) is 3.16. The summed E-state index contributed by atoms with van der Waals surface area (Å²) in [4.78, 5) is 14.3. The van der Waals surface area contributed by atoms with Gasteiger partial charge in [-0.25, -0.2) is 0 Å². The average molecular weight is 294 g/mol. The molecule has 0 radical (unpaired) electrons. The van der Waals surface area contributed by atoms with Crippen LogP contribution in [0.15, 0.2) is 18.2 Å². The standard InChI is InChI=1S/C15H20ClN3O/c1-10-2-3-13(4-14(10)16)18-15(20)9-19-7-11-5-17-6-12(11)8-19/h2-4,11-12,17H,5-9H2,1H3,(H,18,20)/t11-,12+. The van der Waals surface area contributed by atoms with Crippen LogP contribution in [0.1, 0.15) is 5.56 Å². The number of nitrogens with one attached hydrogen (secondary N) is 2. The summed E-state index contributed by atoms with van der Waals surface area (Å²) in [5, 5.41) is 7.01. The van der Waals surface area contributed by atoms with Gasteiger partial charge in [-0.3, -0.25) is 9.69 Å². The Balaban J connectivity index is 1.53. The third-order valence-corrected chi connectivity index (χ3v) is 4.70. The minimum atomic E-state index is 0.0397. The Morgan fingerprint density at radius 3 is 2.75 bits per heavy atom. The zero-order chi connectivity index (χ0) is 14.1. The highest BCUT2D eigenvalue weighted by Crippen LogP contribution is 2.26. The highest BCUT2D eigenvalue weighted by atomic mass is 35.5. The summed E-state index contributed by atoms with van der Waals surface area (Å²) >= 11 is 6.06. The van der Waals surface area contributed by atoms with E-state index in [1.165, 1.54) is 0 Å². The Hall–Kier alpha value is -1.10. The normalized spacial score (nSPS) is 25.7. The molecule has 2 aliphatic rings. The van der Waals surface area contributed by atoms with Gasteiger partial charge in [0, 0.05) is 23.8 Å². The summed E-state index contributed by atoms with van der Waals surface area (Å²) in [6.07, 6.45) is 0. The molecular formula is C15H20ClN3O. The van der Waals surface area contributed by atoms with Crippen LogP contribution in [0.3, 0.4) is 0 Å². The van der Waals surface area contributed by atoms with Crippen molar-refractivity contribution in [2.75, 3.05) is 38.0 Å². The van der Waals surface area contributed by atoms with Gasteiger partial charge in [-0.15, -0.1) is 0 Å². The van der Waals surface area contributed by atoms with Gasteiger partial charge in [-0.2, -0.15) is 0 Å². The van der Waals surface area contributed by atoms with Gasteiger partial charge in [0.2, 0.25) is 5.91 Å². The molecule has 4 nitrogen and oxygen atoms in total. The van der Waals surface area contributed by atoms with Crippen molar-refractivity contribution in [3.8, 4) is 0 Å². The molecule has 1 aromatic rings. The minimum absolute atomic E-state index is 0.0397. The fraction of sp³-hybridized carbons (Fsp3) is 0.533. The van der Waals surface area contributed by atoms with Crippen LogP contribution in [0.5, 0.6) is 0 Å². The topological polar surface area (TPSA) is 44.4 Å². The fourth-order valence-corrected chi connectivity index (χ4v) is 3.34. The number of hydrogen-bond acceptors (Lipinski definition) is 3. The molecule has 5 heteroatoms. The molecule has 0 aliphatic carbocycles. The molecular weight excluding hydrogens is 274 g/mol. The number of halogens is 1. The van der Waals surface area contributed by atoms with E-state index < -0.39 is 0 Å². The maximum absolute atomic E-state index is 12.1. The summed E-state index contributed by atoms with van der Waals surface area (Å²) in [7, 11) is 0. The first-order chi connectivity index (χ1) is 9.61. The van der Waals surface area contributed by atoms with Gasteiger partial charge < -0.3 is 10.6 Å². The van der Waals surface area contributed by atoms with Crippen LogP contribution in [-0.4, -0.2) is 43.5 Å². The first kappa shape index (κ1) is 13.9. The van der Waals surface area contributed by atoms with Gasteiger partial charge in [-0.1, -0.05) is 17.7 Å². The van der Waals surface area contributed by atoms with Crippen LogP contribution < -0.4 is 10.6 Å². The van der Waals surface area contributed by atoms with Gasteiger partial charge in [0.25, 0.3) is 0 Å². The molecule has 0 saturated carbocycles. The van der Waals surface area contributed by atoms with Crippen molar-refractivity contribution >= 4 is 23.2 Å². The van der Waals surface area contributed by atoms with Crippen molar-refractivity contribution in [3.63, 3.8) is 0 Å². The Morgan fingerprint density at radius 1 is 1.40 bits per heavy atom. The molecule has 0 aromatic heterocycles. The summed E-state index contributed by atoms with van der Waals surface area (Å²) in [6.45, 7) is 6.66. The van der Waals surface area contributed by atoms with Gasteiger partial charge in [0.1, 0.15) is 0 Å². The van der Waals surface area contributed by atoms with Crippen molar-refractivity contribution in [2.45, 2.75) is 6.92 Å². The monoisotopic (exact) mass is 293 g/mol. The maximum Gasteiger partial charge on any atom is 0.238 e. The van der Waals surface area contributed by atoms with E-state index in [0.29, 0.717) is 11.6 Å². The molecule has 2 atom stereocenters. The van der Waals surface area contributed by atoms with Crippen molar-refractivity contribution in [2.24, 2.45) is 11.8 Å². The molecule has 2 aliphatic heterocycles. The second-order valence-electron chi connectivity index (χ2n) is 5.88. The molecule has 2 saturated heterocycles. The quantitative estimate of drug-likeness (QED) is 0.892. The lowest BCUT2D eigenvalue weighted by Crippen LogP contribution is -2.33. The van der Waals surface area contributed by atoms with E-state index in [9.17, 15) is 4.79 Å². The van der Waals surface area contributed by atoms with Gasteiger partial charge in [-0.05, 0) is 49.5 Å². The molecule has 1 aromatic carbocycles. The molecule has 2 heterocycles. The van der Waals surface area contributed by atoms with E-state index >= 15 is 0 Å². The number of benzene rings is 1. The number of anilines is 1. The van der Waals surface area contributed by atoms with Crippen molar-refractivity contribution in [3.05, 3.63) is 28.8 Å². The number of carbonyl (C=O) groups is 1. The van der Waals surface area contributed by atoms with Crippen LogP contribution in [0.25, 0.3) is 0 Å². The van der Waals surface area contributed by atoms with Crippen molar-refractivity contribution in [1.82, 2.24) is 10.2 Å². The Kier molecular flexibility index (Phi) is 3.96. The number of rotatable bonds is 3. The van der Waals surface area contributed by atoms with Gasteiger partial charge in [0.15, 0.2) is 0 Å². The largest absolute Gasteiger partial charge is 0.325 e. The highest BCUT2D eigenvalue weighted by molar-refractivity contribution is 6.31. The summed E-state index contributed by atoms with van der Waals surface area (Å²) < 4.78 is 0. The molecule has 20 heavy (non-hydrogen) atoms. The zero-order valence-electron chi connectivity index (χ0n) is 11.7. The van der Waals surface area contributed by atoms with Gasteiger partial charge >= 0.3 is 0 Å². The highest BCUT2D eigenvalue weighted by Gasteiger charge is 2.36. The predicted octanol–water partition coefficient (Wildman–Crippen LogP) is 1.74. The second-order valence-corrected chi connectivity index (χ2v) is 6.29. The summed E-state index contributed by atoms with van der Waals surface area (Å²) in [5.41, 5.74) is 1.79. The Morgan fingerprint density at radius 2 is 2.10 bits per heavy atom. The number of nitrogens with zero attached hydrogens (tertiary/aromatic N) is 1. The van der Waals surface area contributed by atoms with Crippen LogP contribution in [0, 0.1) is 18.8 Å². The lowest BCUT2D eigenvalue weighted by atomic mass is 10.0. The third-order valence-electron chi connectivity index (χ3n) is 4.29. The first-order valence-corrected chi connectivity index (χ1v) is 7.48. The second kappa shape index (κ2) is 5.72. The maximum atomic E-state index is 12.1. The molecule has 0 bridgehead atoms. The average Bonchev–Trinajstić information content (AvgIpc) is 2.94. The van der Waals surface area contributed by atoms with Crippen LogP contribution in [0.2, 0.25) is 5.02 Å². The molecule has 3 rings (SSSR count). The number of fused-ring (bicyclic) bond motifs is 1. The summed E-state index contributed by atoms with van der Waals surface area (Å²) in [6, 6.07) is 5.61. The van der Waals surface area contributed by atoms with E-state index in [0.717, 1.165) is 49.3 Å².